The molecule has 1 saturated heterocycles. The Morgan fingerprint density at radius 2 is 1.89 bits per heavy atom. The topological polar surface area (TPSA) is 74.9 Å². The van der Waals surface area contributed by atoms with Crippen LogP contribution in [0.2, 0.25) is 0 Å². The van der Waals surface area contributed by atoms with Gasteiger partial charge in [-0.3, -0.25) is 0 Å². The quantitative estimate of drug-likeness (QED) is 0.695. The second kappa shape index (κ2) is 6.63. The molecule has 5 rings (SSSR count). The molecule has 144 valence electrons. The highest BCUT2D eigenvalue weighted by Crippen LogP contribution is 2.43. The standard InChI is InChI=1S/C21H19N3O2S.ClH/c1-24-19-10-14-7-8-18(23-14)20(19)17-11-16(9-13(12-22)21(17)24)27(25,26)15-5-3-2-4-6-15;/h2-6,9,11,14,18,23H,7-8,10H2,1H3;1H. The Morgan fingerprint density at radius 1 is 1.14 bits per heavy atom. The summed E-state index contributed by atoms with van der Waals surface area (Å²) in [7, 11) is -1.69. The number of rotatable bonds is 2. The number of fused-ring (bicyclic) bond motifs is 6. The summed E-state index contributed by atoms with van der Waals surface area (Å²) in [5, 5.41) is 14.3. The zero-order valence-electron chi connectivity index (χ0n) is 15.3. The Bertz CT molecular complexity index is 1230. The van der Waals surface area contributed by atoms with E-state index in [0.717, 1.165) is 30.2 Å². The Labute approximate surface area is 170 Å². The molecule has 2 aliphatic heterocycles. The minimum Gasteiger partial charge on any atom is -0.346 e. The fourth-order valence-electron chi connectivity index (χ4n) is 4.70. The summed E-state index contributed by atoms with van der Waals surface area (Å²) in [5.74, 6) is 0. The molecule has 0 aliphatic carbocycles. The largest absolute Gasteiger partial charge is 0.346 e. The first-order valence-electron chi connectivity index (χ1n) is 9.12. The van der Waals surface area contributed by atoms with E-state index in [0.29, 0.717) is 11.6 Å². The third-order valence-corrected chi connectivity index (χ3v) is 7.69. The molecule has 0 saturated carbocycles. The van der Waals surface area contributed by atoms with Crippen molar-refractivity contribution in [1.29, 1.82) is 5.26 Å². The van der Waals surface area contributed by atoms with Crippen LogP contribution in [-0.2, 0) is 23.3 Å². The number of sulfone groups is 1. The lowest BCUT2D eigenvalue weighted by molar-refractivity contribution is 0.503. The van der Waals surface area contributed by atoms with Gasteiger partial charge in [-0.05, 0) is 42.7 Å². The maximum Gasteiger partial charge on any atom is 0.206 e. The third kappa shape index (κ3) is 2.58. The van der Waals surface area contributed by atoms with Crippen molar-refractivity contribution in [3.8, 4) is 6.07 Å². The number of nitrogens with one attached hydrogen (secondary N) is 1. The molecule has 1 aromatic heterocycles. The normalized spacial score (nSPS) is 20.4. The Hall–Kier alpha value is -2.33. The Balaban J connectivity index is 0.00000192. The minimum atomic E-state index is -3.67. The SMILES string of the molecule is Cl.Cn1c2c(c3cc(S(=O)(=O)c4ccccc4)cc(C#N)c31)C1CCC(C2)N1. The number of aromatic nitrogens is 1. The molecule has 2 aromatic carbocycles. The fraction of sp³-hybridized carbons (Fsp3) is 0.286. The summed E-state index contributed by atoms with van der Waals surface area (Å²) in [6, 6.07) is 14.6. The maximum atomic E-state index is 13.1. The van der Waals surface area contributed by atoms with Crippen LogP contribution in [0, 0.1) is 11.3 Å². The van der Waals surface area contributed by atoms with Gasteiger partial charge in [0.05, 0.1) is 20.9 Å². The average Bonchev–Trinajstić information content (AvgIpc) is 3.21. The average molecular weight is 414 g/mol. The zero-order valence-corrected chi connectivity index (χ0v) is 17.0. The van der Waals surface area contributed by atoms with E-state index < -0.39 is 9.84 Å². The van der Waals surface area contributed by atoms with Crippen LogP contribution in [0.3, 0.4) is 0 Å². The van der Waals surface area contributed by atoms with Gasteiger partial charge >= 0.3 is 0 Å². The van der Waals surface area contributed by atoms with E-state index in [2.05, 4.69) is 16.0 Å². The lowest BCUT2D eigenvalue weighted by atomic mass is 9.98. The molecule has 0 radical (unpaired) electrons. The molecule has 0 spiro atoms. The van der Waals surface area contributed by atoms with Gasteiger partial charge in [-0.25, -0.2) is 8.42 Å². The number of halogens is 1. The van der Waals surface area contributed by atoms with Crippen LogP contribution in [-0.4, -0.2) is 19.0 Å². The van der Waals surface area contributed by atoms with Gasteiger partial charge in [-0.2, -0.15) is 5.26 Å². The summed E-state index contributed by atoms with van der Waals surface area (Å²) in [4.78, 5) is 0.434. The number of benzene rings is 2. The van der Waals surface area contributed by atoms with Crippen molar-refractivity contribution in [2.24, 2.45) is 7.05 Å². The first-order valence-corrected chi connectivity index (χ1v) is 10.6. The molecule has 0 amide bonds. The molecule has 7 heteroatoms. The maximum absolute atomic E-state index is 13.1. The smallest absolute Gasteiger partial charge is 0.206 e. The second-order valence-electron chi connectivity index (χ2n) is 7.41. The Morgan fingerprint density at radius 3 is 2.61 bits per heavy atom. The Kier molecular flexibility index (Phi) is 4.50. The number of nitriles is 1. The molecule has 3 heterocycles. The van der Waals surface area contributed by atoms with E-state index in [1.54, 1.807) is 36.4 Å². The van der Waals surface area contributed by atoms with Crippen LogP contribution >= 0.6 is 12.4 Å². The van der Waals surface area contributed by atoms with Crippen molar-refractivity contribution in [3.63, 3.8) is 0 Å². The van der Waals surface area contributed by atoms with Crippen LogP contribution in [0.1, 0.15) is 35.7 Å². The highest BCUT2D eigenvalue weighted by molar-refractivity contribution is 7.91. The molecule has 3 aromatic rings. The van der Waals surface area contributed by atoms with E-state index in [9.17, 15) is 13.7 Å². The van der Waals surface area contributed by atoms with Gasteiger partial charge in [0.1, 0.15) is 6.07 Å². The molecule has 2 bridgehead atoms. The number of hydrogen-bond donors (Lipinski definition) is 1. The van der Waals surface area contributed by atoms with E-state index in [4.69, 9.17) is 0 Å². The van der Waals surface area contributed by atoms with Crippen molar-refractivity contribution in [2.45, 2.75) is 41.1 Å². The summed E-state index contributed by atoms with van der Waals surface area (Å²) >= 11 is 0. The first kappa shape index (κ1) is 19.0. The number of hydrogen-bond acceptors (Lipinski definition) is 4. The highest BCUT2D eigenvalue weighted by atomic mass is 35.5. The van der Waals surface area contributed by atoms with E-state index in [1.807, 2.05) is 7.05 Å². The van der Waals surface area contributed by atoms with Gasteiger partial charge in [0, 0.05) is 36.6 Å². The second-order valence-corrected chi connectivity index (χ2v) is 9.36. The van der Waals surface area contributed by atoms with Crippen molar-refractivity contribution < 1.29 is 8.42 Å². The van der Waals surface area contributed by atoms with Gasteiger partial charge in [0.2, 0.25) is 9.84 Å². The summed E-state index contributed by atoms with van der Waals surface area (Å²) < 4.78 is 28.4. The van der Waals surface area contributed by atoms with Gasteiger partial charge in [0.25, 0.3) is 0 Å². The highest BCUT2D eigenvalue weighted by Gasteiger charge is 2.36. The first-order chi connectivity index (χ1) is 13.0. The van der Waals surface area contributed by atoms with Crippen LogP contribution in [0.15, 0.2) is 52.3 Å². The molecular formula is C21H20ClN3O2S. The molecule has 1 N–H and O–H groups in total. The molecule has 2 unspecified atom stereocenters. The van der Waals surface area contributed by atoms with Gasteiger partial charge < -0.3 is 9.88 Å². The summed E-state index contributed by atoms with van der Waals surface area (Å²) in [5.41, 5.74) is 3.64. The van der Waals surface area contributed by atoms with E-state index in [-0.39, 0.29) is 28.2 Å². The van der Waals surface area contributed by atoms with Crippen molar-refractivity contribution in [3.05, 3.63) is 59.3 Å². The molecule has 2 atom stereocenters. The zero-order chi connectivity index (χ0) is 18.8. The monoisotopic (exact) mass is 413 g/mol. The lowest BCUT2D eigenvalue weighted by Crippen LogP contribution is -2.32. The minimum absolute atomic E-state index is 0. The van der Waals surface area contributed by atoms with Crippen LogP contribution in [0.25, 0.3) is 10.9 Å². The van der Waals surface area contributed by atoms with Gasteiger partial charge in [0.15, 0.2) is 0 Å². The van der Waals surface area contributed by atoms with Crippen molar-refractivity contribution >= 4 is 33.1 Å². The third-order valence-electron chi connectivity index (χ3n) is 5.94. The summed E-state index contributed by atoms with van der Waals surface area (Å²) in [6.45, 7) is 0. The predicted molar refractivity (Wildman–Crippen MR) is 109 cm³/mol. The van der Waals surface area contributed by atoms with Crippen LogP contribution in [0.5, 0.6) is 0 Å². The lowest BCUT2D eigenvalue weighted by Gasteiger charge is -2.23. The molecular weight excluding hydrogens is 394 g/mol. The van der Waals surface area contributed by atoms with Crippen LogP contribution < -0.4 is 5.32 Å². The number of aryl methyl sites for hydroxylation is 1. The molecule has 1 fully saturated rings. The van der Waals surface area contributed by atoms with Crippen molar-refractivity contribution in [1.82, 2.24) is 9.88 Å². The van der Waals surface area contributed by atoms with Crippen molar-refractivity contribution in [2.75, 3.05) is 0 Å². The van der Waals surface area contributed by atoms with E-state index in [1.165, 1.54) is 17.3 Å². The molecule has 5 nitrogen and oxygen atoms in total. The fourth-order valence-corrected chi connectivity index (χ4v) is 6.03. The van der Waals surface area contributed by atoms with Crippen LogP contribution in [0.4, 0.5) is 0 Å². The van der Waals surface area contributed by atoms with Gasteiger partial charge in [-0.15, -0.1) is 12.4 Å². The van der Waals surface area contributed by atoms with E-state index >= 15 is 0 Å². The predicted octanol–water partition coefficient (Wildman–Crippen LogP) is 3.65. The molecule has 28 heavy (non-hydrogen) atoms. The number of nitrogens with zero attached hydrogens (tertiary/aromatic N) is 2. The summed E-state index contributed by atoms with van der Waals surface area (Å²) in [6.07, 6.45) is 3.10. The van der Waals surface area contributed by atoms with Gasteiger partial charge in [-0.1, -0.05) is 18.2 Å². The molecule has 2 aliphatic rings.